The zero-order valence-corrected chi connectivity index (χ0v) is 17.4. The maximum Gasteiger partial charge on any atom is 0.264 e. The van der Waals surface area contributed by atoms with Crippen LogP contribution >= 0.6 is 11.6 Å². The fraction of sp³-hybridized carbons (Fsp3) is 0.421. The van der Waals surface area contributed by atoms with Gasteiger partial charge in [0, 0.05) is 41.2 Å². The van der Waals surface area contributed by atoms with Crippen LogP contribution in [0, 0.1) is 5.92 Å². The molecule has 1 aliphatic rings. The number of anilines is 1. The highest BCUT2D eigenvalue weighted by Gasteiger charge is 2.30. The molecule has 1 saturated heterocycles. The largest absolute Gasteiger partial charge is 0.366 e. The summed E-state index contributed by atoms with van der Waals surface area (Å²) in [7, 11) is 0. The minimum absolute atomic E-state index is 0.0307. The van der Waals surface area contributed by atoms with Crippen LogP contribution in [0.4, 0.5) is 14.6 Å². The molecule has 0 unspecified atom stereocenters. The van der Waals surface area contributed by atoms with Crippen LogP contribution in [0.1, 0.15) is 35.2 Å². The number of ketones is 1. The molecule has 1 fully saturated rings. The Hall–Kier alpha value is -2.96. The lowest BCUT2D eigenvalue weighted by Crippen LogP contribution is -2.36. The Morgan fingerprint density at radius 2 is 2.00 bits per heavy atom. The topological polar surface area (TPSA) is 130 Å². The molecule has 170 valence electrons. The molecule has 0 bridgehead atoms. The van der Waals surface area contributed by atoms with Crippen LogP contribution in [-0.4, -0.2) is 60.7 Å². The summed E-state index contributed by atoms with van der Waals surface area (Å²) in [6, 6.07) is 5.46. The number of rotatable bonds is 7. The summed E-state index contributed by atoms with van der Waals surface area (Å²) in [4.78, 5) is 15.8. The van der Waals surface area contributed by atoms with Crippen LogP contribution in [0.5, 0.6) is 0 Å². The average molecular weight is 469 g/mol. The van der Waals surface area contributed by atoms with Crippen molar-refractivity contribution in [2.24, 2.45) is 5.92 Å². The van der Waals surface area contributed by atoms with E-state index in [2.05, 4.69) is 20.6 Å². The number of tetrazole rings is 1. The van der Waals surface area contributed by atoms with E-state index < -0.39 is 18.6 Å². The van der Waals surface area contributed by atoms with Crippen molar-refractivity contribution in [2.45, 2.75) is 32.1 Å². The maximum atomic E-state index is 13.3. The molecule has 10 nitrogen and oxygen atoms in total. The lowest BCUT2D eigenvalue weighted by Gasteiger charge is -2.31. The zero-order valence-electron chi connectivity index (χ0n) is 16.6. The van der Waals surface area contributed by atoms with Crippen LogP contribution in [0.2, 0.25) is 5.02 Å². The van der Waals surface area contributed by atoms with E-state index in [1.807, 2.05) is 4.90 Å². The standard InChI is InChI=1S/C19H19ClF2N6O4/c20-11-1-2-12(18(21)22)13(7-11)17(31)10-3-5-27(6-4-10)15-8-14(32-25-15)19-23-26-28(24-19)9-16(29)30/h1-2,7-8,10,16,18,29-30H,3-6,9H2. The second-order valence-electron chi connectivity index (χ2n) is 7.36. The van der Waals surface area contributed by atoms with Gasteiger partial charge in [-0.05, 0) is 30.2 Å². The van der Waals surface area contributed by atoms with Gasteiger partial charge in [0.2, 0.25) is 11.6 Å². The van der Waals surface area contributed by atoms with E-state index in [9.17, 15) is 13.6 Å². The number of aromatic nitrogens is 5. The van der Waals surface area contributed by atoms with Gasteiger partial charge in [-0.15, -0.1) is 10.2 Å². The number of alkyl halides is 2. The van der Waals surface area contributed by atoms with Crippen molar-refractivity contribution in [3.8, 4) is 11.6 Å². The van der Waals surface area contributed by atoms with Crippen molar-refractivity contribution in [3.63, 3.8) is 0 Å². The van der Waals surface area contributed by atoms with E-state index in [-0.39, 0.29) is 40.1 Å². The third kappa shape index (κ3) is 4.76. The van der Waals surface area contributed by atoms with E-state index >= 15 is 0 Å². The normalized spacial score (nSPS) is 15.2. The summed E-state index contributed by atoms with van der Waals surface area (Å²) in [5.41, 5.74) is -0.339. The predicted molar refractivity (Wildman–Crippen MR) is 107 cm³/mol. The monoisotopic (exact) mass is 468 g/mol. The Bertz CT molecular complexity index is 1100. The van der Waals surface area contributed by atoms with Crippen molar-refractivity contribution >= 4 is 23.2 Å². The molecule has 0 atom stereocenters. The smallest absolute Gasteiger partial charge is 0.264 e. The quantitative estimate of drug-likeness (QED) is 0.396. The molecule has 0 aliphatic carbocycles. The van der Waals surface area contributed by atoms with E-state index in [4.69, 9.17) is 26.3 Å². The summed E-state index contributed by atoms with van der Waals surface area (Å²) in [6.07, 6.45) is -3.46. The van der Waals surface area contributed by atoms with Gasteiger partial charge in [0.15, 0.2) is 17.9 Å². The van der Waals surface area contributed by atoms with E-state index in [0.29, 0.717) is 31.7 Å². The van der Waals surface area contributed by atoms with Crippen LogP contribution in [0.3, 0.4) is 0 Å². The molecule has 1 aromatic carbocycles. The predicted octanol–water partition coefficient (Wildman–Crippen LogP) is 2.33. The third-order valence-electron chi connectivity index (χ3n) is 5.20. The number of aliphatic hydroxyl groups is 2. The molecule has 1 aliphatic heterocycles. The van der Waals surface area contributed by atoms with Crippen molar-refractivity contribution in [1.82, 2.24) is 25.4 Å². The molecule has 0 saturated carbocycles. The Morgan fingerprint density at radius 3 is 2.69 bits per heavy atom. The van der Waals surface area contributed by atoms with Crippen molar-refractivity contribution < 1.29 is 28.3 Å². The van der Waals surface area contributed by atoms with E-state index in [1.54, 1.807) is 6.07 Å². The fourth-order valence-corrected chi connectivity index (χ4v) is 3.78. The summed E-state index contributed by atoms with van der Waals surface area (Å²) in [5, 5.41) is 33.6. The van der Waals surface area contributed by atoms with Crippen molar-refractivity contribution in [2.75, 3.05) is 18.0 Å². The SMILES string of the molecule is O=C(c1cc(Cl)ccc1C(F)F)C1CCN(c2cc(-c3nnn(CC(O)O)n3)on2)CC1. The number of hydrogen-bond donors (Lipinski definition) is 2. The zero-order chi connectivity index (χ0) is 22.8. The van der Waals surface area contributed by atoms with Crippen LogP contribution < -0.4 is 4.90 Å². The Kier molecular flexibility index (Phi) is 6.44. The first-order valence-corrected chi connectivity index (χ1v) is 10.2. The maximum absolute atomic E-state index is 13.3. The van der Waals surface area contributed by atoms with Crippen LogP contribution in [0.15, 0.2) is 28.8 Å². The van der Waals surface area contributed by atoms with Gasteiger partial charge in [-0.25, -0.2) is 8.78 Å². The first-order chi connectivity index (χ1) is 15.3. The molecule has 4 rings (SSSR count). The van der Waals surface area contributed by atoms with Gasteiger partial charge < -0.3 is 19.6 Å². The van der Waals surface area contributed by atoms with Gasteiger partial charge in [-0.1, -0.05) is 22.8 Å². The Morgan fingerprint density at radius 1 is 1.25 bits per heavy atom. The van der Waals surface area contributed by atoms with E-state index in [1.165, 1.54) is 18.2 Å². The molecule has 0 spiro atoms. The lowest BCUT2D eigenvalue weighted by atomic mass is 9.87. The molecule has 2 N–H and O–H groups in total. The fourth-order valence-electron chi connectivity index (χ4n) is 3.61. The Labute approximate surface area is 185 Å². The molecule has 3 heterocycles. The number of Topliss-reactive ketones (excluding diaryl/α,β-unsaturated/α-hetero) is 1. The third-order valence-corrected chi connectivity index (χ3v) is 5.44. The molecule has 13 heteroatoms. The number of benzene rings is 1. The lowest BCUT2D eigenvalue weighted by molar-refractivity contribution is -0.0563. The van der Waals surface area contributed by atoms with Gasteiger partial charge in [0.1, 0.15) is 6.54 Å². The van der Waals surface area contributed by atoms with Crippen molar-refractivity contribution in [3.05, 3.63) is 40.4 Å². The van der Waals surface area contributed by atoms with Gasteiger partial charge in [-0.3, -0.25) is 4.79 Å². The summed E-state index contributed by atoms with van der Waals surface area (Å²) >= 11 is 5.92. The number of nitrogens with zero attached hydrogens (tertiary/aromatic N) is 6. The highest BCUT2D eigenvalue weighted by Crippen LogP contribution is 2.32. The van der Waals surface area contributed by atoms with Gasteiger partial charge >= 0.3 is 0 Å². The van der Waals surface area contributed by atoms with Gasteiger partial charge in [0.05, 0.1) is 0 Å². The number of carbonyl (C=O) groups excluding carboxylic acids is 1. The highest BCUT2D eigenvalue weighted by molar-refractivity contribution is 6.31. The molecule has 2 aromatic heterocycles. The van der Waals surface area contributed by atoms with Crippen molar-refractivity contribution in [1.29, 1.82) is 0 Å². The van der Waals surface area contributed by atoms with Gasteiger partial charge in [-0.2, -0.15) is 4.80 Å². The number of piperidine rings is 1. The first kappa shape index (κ1) is 22.2. The molecular formula is C19H19ClF2N6O4. The second-order valence-corrected chi connectivity index (χ2v) is 7.79. The molecule has 3 aromatic rings. The molecule has 32 heavy (non-hydrogen) atoms. The molecular weight excluding hydrogens is 450 g/mol. The van der Waals surface area contributed by atoms with Crippen LogP contribution in [0.25, 0.3) is 11.6 Å². The summed E-state index contributed by atoms with van der Waals surface area (Å²) < 4.78 is 31.9. The van der Waals surface area contributed by atoms with Gasteiger partial charge in [0.25, 0.3) is 6.43 Å². The van der Waals surface area contributed by atoms with E-state index in [0.717, 1.165) is 4.80 Å². The van der Waals surface area contributed by atoms with Crippen LogP contribution in [-0.2, 0) is 6.54 Å². The minimum atomic E-state index is -2.76. The number of carbonyl (C=O) groups is 1. The Balaban J connectivity index is 1.41. The number of halogens is 3. The summed E-state index contributed by atoms with van der Waals surface area (Å²) in [6.45, 7) is 0.711. The highest BCUT2D eigenvalue weighted by atomic mass is 35.5. The average Bonchev–Trinajstić information content (AvgIpc) is 3.42. The first-order valence-electron chi connectivity index (χ1n) is 9.79. The number of hydrogen-bond acceptors (Lipinski definition) is 9. The molecule has 0 amide bonds. The molecule has 0 radical (unpaired) electrons. The minimum Gasteiger partial charge on any atom is -0.366 e. The number of aliphatic hydroxyl groups excluding tert-OH is 1. The second kappa shape index (κ2) is 9.27. The summed E-state index contributed by atoms with van der Waals surface area (Å²) in [5.74, 6) is 0.156.